The van der Waals surface area contributed by atoms with Crippen LogP contribution in [0.1, 0.15) is 40.4 Å². The van der Waals surface area contributed by atoms with Gasteiger partial charge in [0.1, 0.15) is 17.1 Å². The third-order valence-corrected chi connectivity index (χ3v) is 4.58. The molecule has 0 bridgehead atoms. The van der Waals surface area contributed by atoms with Crippen molar-refractivity contribution in [3.8, 4) is 11.5 Å². The van der Waals surface area contributed by atoms with E-state index in [2.05, 4.69) is 31.2 Å². The highest BCUT2D eigenvalue weighted by atomic mass is 16.5. The van der Waals surface area contributed by atoms with Gasteiger partial charge in [0.05, 0.1) is 20.3 Å². The highest BCUT2D eigenvalue weighted by molar-refractivity contribution is 6.00. The molecule has 2 aromatic carbocycles. The van der Waals surface area contributed by atoms with Gasteiger partial charge in [-0.05, 0) is 37.5 Å². The van der Waals surface area contributed by atoms with Gasteiger partial charge in [-0.15, -0.1) is 0 Å². The number of carbonyl (C=O) groups is 1. The molecule has 1 amide bonds. The van der Waals surface area contributed by atoms with E-state index in [9.17, 15) is 4.79 Å². The third kappa shape index (κ3) is 2.96. The first-order chi connectivity index (χ1) is 11.7. The normalized spacial score (nSPS) is 17.0. The van der Waals surface area contributed by atoms with Crippen LogP contribution in [0.15, 0.2) is 42.5 Å². The number of hydrogen-bond donors (Lipinski definition) is 0. The quantitative estimate of drug-likeness (QED) is 0.853. The summed E-state index contributed by atoms with van der Waals surface area (Å²) in [7, 11) is 3.15. The molecule has 1 atom stereocenters. The number of likely N-dealkylation sites (tertiary alicyclic amines) is 1. The van der Waals surface area contributed by atoms with Gasteiger partial charge in [0.15, 0.2) is 0 Å². The highest BCUT2D eigenvalue weighted by Crippen LogP contribution is 2.37. The zero-order valence-electron chi connectivity index (χ0n) is 14.4. The summed E-state index contributed by atoms with van der Waals surface area (Å²) in [6, 6.07) is 13.9. The number of methoxy groups -OCH3 is 2. The van der Waals surface area contributed by atoms with Crippen molar-refractivity contribution in [2.24, 2.45) is 0 Å². The minimum atomic E-state index is -0.0340. The molecule has 2 aromatic rings. The number of hydrogen-bond acceptors (Lipinski definition) is 3. The molecule has 0 radical (unpaired) electrons. The number of aryl methyl sites for hydroxylation is 1. The van der Waals surface area contributed by atoms with E-state index < -0.39 is 0 Å². The minimum absolute atomic E-state index is 0.0340. The summed E-state index contributed by atoms with van der Waals surface area (Å²) in [4.78, 5) is 15.2. The van der Waals surface area contributed by atoms with Gasteiger partial charge in [0.25, 0.3) is 5.91 Å². The maximum atomic E-state index is 13.2. The lowest BCUT2D eigenvalue weighted by Gasteiger charge is -2.26. The van der Waals surface area contributed by atoms with E-state index in [1.165, 1.54) is 11.1 Å². The Balaban J connectivity index is 1.98. The van der Waals surface area contributed by atoms with Crippen molar-refractivity contribution in [3.63, 3.8) is 0 Å². The van der Waals surface area contributed by atoms with Crippen LogP contribution in [0.4, 0.5) is 0 Å². The van der Waals surface area contributed by atoms with Gasteiger partial charge in [0, 0.05) is 6.54 Å². The molecule has 1 heterocycles. The van der Waals surface area contributed by atoms with Crippen molar-refractivity contribution in [2.45, 2.75) is 25.8 Å². The van der Waals surface area contributed by atoms with Crippen molar-refractivity contribution in [3.05, 3.63) is 59.2 Å². The molecule has 1 unspecified atom stereocenters. The summed E-state index contributed by atoms with van der Waals surface area (Å²) >= 11 is 0. The van der Waals surface area contributed by atoms with Gasteiger partial charge >= 0.3 is 0 Å². The monoisotopic (exact) mass is 325 g/mol. The van der Waals surface area contributed by atoms with E-state index in [1.54, 1.807) is 26.4 Å². The topological polar surface area (TPSA) is 38.8 Å². The van der Waals surface area contributed by atoms with Crippen LogP contribution in [0.5, 0.6) is 11.5 Å². The second-order valence-electron chi connectivity index (χ2n) is 6.11. The van der Waals surface area contributed by atoms with Crippen LogP contribution in [0.2, 0.25) is 0 Å². The molecule has 0 spiro atoms. The fraction of sp³-hybridized carbons (Fsp3) is 0.350. The summed E-state index contributed by atoms with van der Waals surface area (Å²) in [5, 5.41) is 0. The lowest BCUT2D eigenvalue weighted by molar-refractivity contribution is 0.0728. The number of carbonyl (C=O) groups excluding carboxylic acids is 1. The van der Waals surface area contributed by atoms with Gasteiger partial charge in [0.2, 0.25) is 0 Å². The number of ether oxygens (including phenoxy) is 2. The number of amides is 1. The first-order valence-corrected chi connectivity index (χ1v) is 8.24. The lowest BCUT2D eigenvalue weighted by atomic mass is 10.0. The van der Waals surface area contributed by atoms with Crippen molar-refractivity contribution in [2.75, 3.05) is 20.8 Å². The van der Waals surface area contributed by atoms with Gasteiger partial charge < -0.3 is 14.4 Å². The third-order valence-electron chi connectivity index (χ3n) is 4.58. The maximum Gasteiger partial charge on any atom is 0.261 e. The Labute approximate surface area is 143 Å². The smallest absolute Gasteiger partial charge is 0.261 e. The van der Waals surface area contributed by atoms with Crippen molar-refractivity contribution in [1.29, 1.82) is 0 Å². The average Bonchev–Trinajstić information content (AvgIpc) is 3.10. The van der Waals surface area contributed by atoms with Gasteiger partial charge in [-0.1, -0.05) is 35.9 Å². The zero-order chi connectivity index (χ0) is 17.1. The molecule has 24 heavy (non-hydrogen) atoms. The molecular formula is C20H23NO3. The van der Waals surface area contributed by atoms with Crippen LogP contribution < -0.4 is 9.47 Å². The maximum absolute atomic E-state index is 13.2. The van der Waals surface area contributed by atoms with Gasteiger partial charge in [-0.2, -0.15) is 0 Å². The molecule has 1 saturated heterocycles. The Morgan fingerprint density at radius 1 is 1.08 bits per heavy atom. The minimum Gasteiger partial charge on any atom is -0.496 e. The van der Waals surface area contributed by atoms with E-state index in [0.717, 1.165) is 19.4 Å². The van der Waals surface area contributed by atoms with Crippen LogP contribution in [0.3, 0.4) is 0 Å². The predicted molar refractivity (Wildman–Crippen MR) is 93.7 cm³/mol. The van der Waals surface area contributed by atoms with E-state index in [-0.39, 0.29) is 11.9 Å². The van der Waals surface area contributed by atoms with E-state index >= 15 is 0 Å². The second-order valence-corrected chi connectivity index (χ2v) is 6.11. The largest absolute Gasteiger partial charge is 0.496 e. The van der Waals surface area contributed by atoms with Crippen molar-refractivity contribution < 1.29 is 14.3 Å². The van der Waals surface area contributed by atoms with E-state index in [4.69, 9.17) is 9.47 Å². The molecule has 4 nitrogen and oxygen atoms in total. The molecule has 4 heteroatoms. The van der Waals surface area contributed by atoms with Crippen LogP contribution in [0.25, 0.3) is 0 Å². The van der Waals surface area contributed by atoms with E-state index in [1.807, 2.05) is 11.0 Å². The summed E-state index contributed by atoms with van der Waals surface area (Å²) in [5.74, 6) is 1.07. The lowest BCUT2D eigenvalue weighted by Crippen LogP contribution is -2.31. The van der Waals surface area contributed by atoms with Gasteiger partial charge in [-0.25, -0.2) is 0 Å². The van der Waals surface area contributed by atoms with Crippen LogP contribution in [0, 0.1) is 6.92 Å². The molecule has 1 aliphatic rings. The molecule has 126 valence electrons. The molecule has 0 aromatic heterocycles. The Morgan fingerprint density at radius 3 is 2.38 bits per heavy atom. The zero-order valence-corrected chi connectivity index (χ0v) is 14.4. The van der Waals surface area contributed by atoms with Crippen LogP contribution in [-0.2, 0) is 0 Å². The summed E-state index contributed by atoms with van der Waals surface area (Å²) in [6.07, 6.45) is 1.98. The highest BCUT2D eigenvalue weighted by Gasteiger charge is 2.33. The number of rotatable bonds is 4. The predicted octanol–water partition coefficient (Wildman–Crippen LogP) is 3.99. The number of benzene rings is 2. The fourth-order valence-electron chi connectivity index (χ4n) is 3.44. The SMILES string of the molecule is COc1cccc(OC)c1C(=O)N1CCCC1c1cccc(C)c1. The Kier molecular flexibility index (Phi) is 4.74. The molecular weight excluding hydrogens is 302 g/mol. The van der Waals surface area contributed by atoms with Gasteiger partial charge in [-0.3, -0.25) is 4.79 Å². The molecule has 0 N–H and O–H groups in total. The Hall–Kier alpha value is -2.49. The molecule has 3 rings (SSSR count). The van der Waals surface area contributed by atoms with Crippen molar-refractivity contribution in [1.82, 2.24) is 4.90 Å². The Bertz CT molecular complexity index is 719. The van der Waals surface area contributed by atoms with Crippen LogP contribution in [-0.4, -0.2) is 31.6 Å². The summed E-state index contributed by atoms with van der Waals surface area (Å²) < 4.78 is 10.8. The van der Waals surface area contributed by atoms with Crippen molar-refractivity contribution >= 4 is 5.91 Å². The Morgan fingerprint density at radius 2 is 1.75 bits per heavy atom. The summed E-state index contributed by atoms with van der Waals surface area (Å²) in [5.41, 5.74) is 2.90. The first-order valence-electron chi connectivity index (χ1n) is 8.24. The molecule has 1 aliphatic heterocycles. The van der Waals surface area contributed by atoms with Crippen LogP contribution >= 0.6 is 0 Å². The average molecular weight is 325 g/mol. The molecule has 0 aliphatic carbocycles. The first kappa shape index (κ1) is 16.4. The van der Waals surface area contributed by atoms with E-state index in [0.29, 0.717) is 17.1 Å². The second kappa shape index (κ2) is 6.95. The standard InChI is InChI=1S/C20H23NO3/c1-14-7-4-8-15(13-14)16-9-6-12-21(16)20(22)19-17(23-2)10-5-11-18(19)24-3/h4-5,7-8,10-11,13,16H,6,9,12H2,1-3H3. The molecule has 0 saturated carbocycles. The fourth-order valence-corrected chi connectivity index (χ4v) is 3.44. The summed E-state index contributed by atoms with van der Waals surface area (Å²) in [6.45, 7) is 2.83. The molecule has 1 fully saturated rings. The number of nitrogens with zero attached hydrogens (tertiary/aromatic N) is 1.